The zero-order chi connectivity index (χ0) is 9.56. The highest BCUT2D eigenvalue weighted by molar-refractivity contribution is 5.62. The molecule has 0 aliphatic rings. The molecule has 0 aliphatic carbocycles. The van der Waals surface area contributed by atoms with Gasteiger partial charge in [-0.05, 0) is 26.0 Å². The van der Waals surface area contributed by atoms with Crippen molar-refractivity contribution in [3.63, 3.8) is 0 Å². The first-order valence-corrected chi connectivity index (χ1v) is 3.13. The summed E-state index contributed by atoms with van der Waals surface area (Å²) in [6.07, 6.45) is 0.352. The Hall–Kier alpha value is -1.39. The molecule has 0 radical (unpaired) electrons. The first kappa shape index (κ1) is 10.6. The Morgan fingerprint density at radius 1 is 1.08 bits per heavy atom. The molecule has 12 heavy (non-hydrogen) atoms. The van der Waals surface area contributed by atoms with Crippen LogP contribution in [0, 0.1) is 0 Å². The van der Waals surface area contributed by atoms with E-state index in [1.54, 1.807) is 0 Å². The summed E-state index contributed by atoms with van der Waals surface area (Å²) >= 11 is 0. The number of ether oxygens (including phenoxy) is 2. The van der Waals surface area contributed by atoms with Gasteiger partial charge in [-0.15, -0.1) is 0 Å². The molecule has 3 nitrogen and oxygen atoms in total. The molecule has 0 atom stereocenters. The second-order valence-electron chi connectivity index (χ2n) is 1.64. The Bertz CT molecular complexity index is 199. The maximum absolute atomic E-state index is 12.1. The van der Waals surface area contributed by atoms with E-state index in [0.29, 0.717) is 0 Å². The monoisotopic (exact) mass is 178 g/mol. The van der Waals surface area contributed by atoms with E-state index in [2.05, 4.69) is 9.47 Å². The smallest absolute Gasteiger partial charge is 0.367 e. The van der Waals surface area contributed by atoms with E-state index < -0.39 is 18.2 Å². The summed E-state index contributed by atoms with van der Waals surface area (Å²) in [4.78, 5) is 10.4. The lowest BCUT2D eigenvalue weighted by atomic mass is 10.7. The summed E-state index contributed by atoms with van der Waals surface area (Å²) in [5.74, 6) is 0. The topological polar surface area (TPSA) is 35.5 Å². The molecule has 0 fully saturated rings. The van der Waals surface area contributed by atoms with Crippen molar-refractivity contribution in [1.82, 2.24) is 0 Å². The van der Waals surface area contributed by atoms with Crippen LogP contribution in [0.15, 0.2) is 24.2 Å². The average molecular weight is 178 g/mol. The van der Waals surface area contributed by atoms with Crippen LogP contribution in [0.5, 0.6) is 0 Å². The molecule has 0 heterocycles. The molecule has 0 spiro atoms. The largest absolute Gasteiger partial charge is 0.523 e. The van der Waals surface area contributed by atoms with Gasteiger partial charge in [0, 0.05) is 0 Å². The highest BCUT2D eigenvalue weighted by Gasteiger charge is 2.09. The van der Waals surface area contributed by atoms with Gasteiger partial charge in [-0.1, -0.05) is 0 Å². The van der Waals surface area contributed by atoms with E-state index >= 15 is 0 Å². The highest BCUT2D eigenvalue weighted by Crippen LogP contribution is 2.05. The Kier molecular flexibility index (Phi) is 4.67. The minimum absolute atomic E-state index is 0.898. The van der Waals surface area contributed by atoms with E-state index in [9.17, 15) is 13.6 Å². The molecule has 0 aromatic heterocycles. The van der Waals surface area contributed by atoms with Crippen molar-refractivity contribution < 1.29 is 23.0 Å². The van der Waals surface area contributed by atoms with Crippen LogP contribution in [0.3, 0.4) is 0 Å². The summed E-state index contributed by atoms with van der Waals surface area (Å²) in [6.45, 7) is 2.63. The zero-order valence-electron chi connectivity index (χ0n) is 6.64. The van der Waals surface area contributed by atoms with Gasteiger partial charge in [0.15, 0.2) is 0 Å². The molecule has 5 heteroatoms. The summed E-state index contributed by atoms with van der Waals surface area (Å²) in [7, 11) is 0. The Balaban J connectivity index is 3.91. The lowest BCUT2D eigenvalue weighted by Gasteiger charge is -1.99. The third-order valence-corrected chi connectivity index (χ3v) is 0.816. The molecule has 0 aliphatic heterocycles. The van der Waals surface area contributed by atoms with Gasteiger partial charge in [-0.25, -0.2) is 4.79 Å². The Morgan fingerprint density at radius 3 is 1.67 bits per heavy atom. The molecule has 0 amide bonds. The minimum atomic E-state index is -1.44. The fourth-order valence-corrected chi connectivity index (χ4v) is 0.298. The number of hydrogen-bond donors (Lipinski definition) is 0. The predicted molar refractivity (Wildman–Crippen MR) is 37.3 cm³/mol. The summed E-state index contributed by atoms with van der Waals surface area (Å²) < 4.78 is 31.9. The first-order valence-electron chi connectivity index (χ1n) is 3.13. The van der Waals surface area contributed by atoms with Crippen molar-refractivity contribution in [3.05, 3.63) is 24.2 Å². The fourth-order valence-electron chi connectivity index (χ4n) is 0.298. The number of halogens is 2. The molecule has 0 aromatic carbocycles. The standard InChI is InChI=1S/C7H8F2O3/c1-3-5(8)11-7(10)12-6(9)4-2/h3-4H,1-2H3. The van der Waals surface area contributed by atoms with Crippen molar-refractivity contribution in [2.45, 2.75) is 13.8 Å². The van der Waals surface area contributed by atoms with Crippen LogP contribution < -0.4 is 0 Å². The van der Waals surface area contributed by atoms with Crippen LogP contribution in [0.2, 0.25) is 0 Å². The number of hydrogen-bond acceptors (Lipinski definition) is 3. The van der Waals surface area contributed by atoms with Gasteiger partial charge in [0.25, 0.3) is 12.0 Å². The molecule has 0 aromatic rings. The van der Waals surface area contributed by atoms with Crippen molar-refractivity contribution in [2.75, 3.05) is 0 Å². The van der Waals surface area contributed by atoms with Crippen molar-refractivity contribution in [3.8, 4) is 0 Å². The third kappa shape index (κ3) is 4.43. The number of allylic oxidation sites excluding steroid dienone is 2. The van der Waals surface area contributed by atoms with E-state index in [4.69, 9.17) is 0 Å². The molecule has 0 unspecified atom stereocenters. The van der Waals surface area contributed by atoms with Gasteiger partial charge in [-0.3, -0.25) is 0 Å². The maximum atomic E-state index is 12.1. The fraction of sp³-hybridized carbons (Fsp3) is 0.286. The lowest BCUT2D eigenvalue weighted by molar-refractivity contribution is 0.0676. The van der Waals surface area contributed by atoms with Gasteiger partial charge in [-0.2, -0.15) is 8.78 Å². The van der Waals surface area contributed by atoms with Crippen molar-refractivity contribution in [1.29, 1.82) is 0 Å². The third-order valence-electron chi connectivity index (χ3n) is 0.816. The number of carbonyl (C=O) groups excluding carboxylic acids is 1. The normalized spacial score (nSPS) is 12.7. The van der Waals surface area contributed by atoms with Crippen LogP contribution in [0.1, 0.15) is 13.8 Å². The summed E-state index contributed by atoms with van der Waals surface area (Å²) in [5, 5.41) is 0. The van der Waals surface area contributed by atoms with Gasteiger partial charge in [0.1, 0.15) is 0 Å². The zero-order valence-corrected chi connectivity index (χ0v) is 6.64. The molecular weight excluding hydrogens is 170 g/mol. The quantitative estimate of drug-likeness (QED) is 0.481. The summed E-state index contributed by atoms with van der Waals surface area (Å²) in [5.41, 5.74) is 0. The molecule has 0 N–H and O–H groups in total. The average Bonchev–Trinajstić information content (AvgIpc) is 2.03. The molecule has 0 bridgehead atoms. The first-order chi connectivity index (χ1) is 5.60. The SMILES string of the molecule is CC=C(F)OC(=O)OC(F)=CC. The van der Waals surface area contributed by atoms with Gasteiger partial charge < -0.3 is 9.47 Å². The van der Waals surface area contributed by atoms with Crippen LogP contribution in [0.25, 0.3) is 0 Å². The van der Waals surface area contributed by atoms with Crippen LogP contribution in [0.4, 0.5) is 13.6 Å². The van der Waals surface area contributed by atoms with Crippen LogP contribution in [-0.4, -0.2) is 6.16 Å². The molecule has 0 saturated heterocycles. The second kappa shape index (κ2) is 5.29. The van der Waals surface area contributed by atoms with E-state index in [-0.39, 0.29) is 0 Å². The summed E-state index contributed by atoms with van der Waals surface area (Å²) in [6, 6.07) is -2.27. The Labute approximate surface area is 68.3 Å². The van der Waals surface area contributed by atoms with Crippen LogP contribution >= 0.6 is 0 Å². The van der Waals surface area contributed by atoms with E-state index in [1.807, 2.05) is 0 Å². The Morgan fingerprint density at radius 2 is 1.42 bits per heavy atom. The second-order valence-corrected chi connectivity index (χ2v) is 1.64. The number of carbonyl (C=O) groups is 1. The van der Waals surface area contributed by atoms with Gasteiger partial charge in [0.2, 0.25) is 0 Å². The van der Waals surface area contributed by atoms with E-state index in [0.717, 1.165) is 12.2 Å². The predicted octanol–water partition coefficient (Wildman–Crippen LogP) is 2.80. The highest BCUT2D eigenvalue weighted by atomic mass is 19.1. The van der Waals surface area contributed by atoms with Gasteiger partial charge >= 0.3 is 6.16 Å². The molecule has 68 valence electrons. The lowest BCUT2D eigenvalue weighted by Crippen LogP contribution is -2.03. The van der Waals surface area contributed by atoms with Crippen molar-refractivity contribution >= 4 is 6.16 Å². The number of rotatable bonds is 2. The van der Waals surface area contributed by atoms with E-state index in [1.165, 1.54) is 13.8 Å². The maximum Gasteiger partial charge on any atom is 0.523 e. The molecular formula is C7H8F2O3. The van der Waals surface area contributed by atoms with Gasteiger partial charge in [0.05, 0.1) is 0 Å². The molecule has 0 saturated carbocycles. The molecule has 0 rings (SSSR count). The minimum Gasteiger partial charge on any atom is -0.367 e. The van der Waals surface area contributed by atoms with Crippen molar-refractivity contribution in [2.24, 2.45) is 0 Å². The van der Waals surface area contributed by atoms with Crippen LogP contribution in [-0.2, 0) is 9.47 Å².